The standard InChI is InChI=1S/C28H31F2N7O2S/c1-35-15-11-23(12-16-35)37(19-20-10-14-36(2)18-20)40(38,39)24-6-3-21(4-7-24)33-28-31-13-9-27(34-28)32-22-5-8-25(29)26(30)17-22/h3-10,13-14,17-18,23H,11-12,15-16,19H2,1-2H3,(H2,31,32,33,34). The topological polar surface area (TPSA) is 95.4 Å². The Morgan fingerprint density at radius 1 is 0.950 bits per heavy atom. The lowest BCUT2D eigenvalue weighted by Gasteiger charge is -2.36. The minimum Gasteiger partial charge on any atom is -0.357 e. The van der Waals surface area contributed by atoms with Crippen LogP contribution in [0.15, 0.2) is 78.1 Å². The van der Waals surface area contributed by atoms with E-state index in [0.29, 0.717) is 23.7 Å². The Bertz CT molecular complexity index is 1570. The summed E-state index contributed by atoms with van der Waals surface area (Å²) in [7, 11) is 0.205. The fourth-order valence-corrected chi connectivity index (χ4v) is 6.39. The van der Waals surface area contributed by atoms with Crippen LogP contribution in [0.4, 0.5) is 31.9 Å². The van der Waals surface area contributed by atoms with Gasteiger partial charge >= 0.3 is 0 Å². The van der Waals surface area contributed by atoms with E-state index in [1.165, 1.54) is 12.3 Å². The van der Waals surface area contributed by atoms with Crippen molar-refractivity contribution >= 4 is 33.2 Å². The molecule has 1 saturated heterocycles. The summed E-state index contributed by atoms with van der Waals surface area (Å²) in [5.74, 6) is -1.28. The predicted molar refractivity (Wildman–Crippen MR) is 150 cm³/mol. The van der Waals surface area contributed by atoms with Crippen molar-refractivity contribution in [3.05, 3.63) is 90.4 Å². The molecule has 0 saturated carbocycles. The van der Waals surface area contributed by atoms with E-state index < -0.39 is 21.7 Å². The van der Waals surface area contributed by atoms with E-state index in [1.807, 2.05) is 30.1 Å². The van der Waals surface area contributed by atoms with Crippen LogP contribution in [0.1, 0.15) is 18.4 Å². The van der Waals surface area contributed by atoms with E-state index in [0.717, 1.165) is 43.6 Å². The van der Waals surface area contributed by atoms with Crippen molar-refractivity contribution in [2.45, 2.75) is 30.3 Å². The van der Waals surface area contributed by atoms with Crippen molar-refractivity contribution in [2.75, 3.05) is 30.8 Å². The Morgan fingerprint density at radius 2 is 1.68 bits per heavy atom. The molecule has 1 aliphatic rings. The number of nitrogens with one attached hydrogen (secondary N) is 2. The highest BCUT2D eigenvalue weighted by molar-refractivity contribution is 7.89. The lowest BCUT2D eigenvalue weighted by molar-refractivity contribution is 0.179. The van der Waals surface area contributed by atoms with Crippen molar-refractivity contribution < 1.29 is 17.2 Å². The number of benzene rings is 2. The van der Waals surface area contributed by atoms with Crippen LogP contribution in [-0.4, -0.2) is 58.3 Å². The number of anilines is 4. The Kier molecular flexibility index (Phi) is 8.10. The molecule has 0 bridgehead atoms. The summed E-state index contributed by atoms with van der Waals surface area (Å²) in [6.45, 7) is 2.00. The molecule has 210 valence electrons. The largest absolute Gasteiger partial charge is 0.357 e. The summed E-state index contributed by atoms with van der Waals surface area (Å²) in [5.41, 5.74) is 1.87. The average Bonchev–Trinajstić information content (AvgIpc) is 3.35. The van der Waals surface area contributed by atoms with Crippen LogP contribution in [0.3, 0.4) is 0 Å². The number of aryl methyl sites for hydroxylation is 1. The van der Waals surface area contributed by atoms with Gasteiger partial charge in [0.25, 0.3) is 0 Å². The normalized spacial score (nSPS) is 14.9. The third-order valence-electron chi connectivity index (χ3n) is 6.89. The molecule has 0 spiro atoms. The third kappa shape index (κ3) is 6.46. The van der Waals surface area contributed by atoms with Crippen LogP contribution < -0.4 is 10.6 Å². The van der Waals surface area contributed by atoms with Gasteiger partial charge in [0.1, 0.15) is 5.82 Å². The second-order valence-electron chi connectivity index (χ2n) is 9.94. The van der Waals surface area contributed by atoms with Gasteiger partial charge in [0.2, 0.25) is 16.0 Å². The third-order valence-corrected chi connectivity index (χ3v) is 8.80. The van der Waals surface area contributed by atoms with E-state index in [4.69, 9.17) is 0 Å². The van der Waals surface area contributed by atoms with Crippen LogP contribution in [0.25, 0.3) is 0 Å². The van der Waals surface area contributed by atoms with Gasteiger partial charge in [-0.15, -0.1) is 0 Å². The minimum atomic E-state index is -3.77. The highest BCUT2D eigenvalue weighted by atomic mass is 32.2. The fraction of sp³-hybridized carbons (Fsp3) is 0.286. The molecule has 2 N–H and O–H groups in total. The van der Waals surface area contributed by atoms with Crippen molar-refractivity contribution in [3.8, 4) is 0 Å². The van der Waals surface area contributed by atoms with Crippen molar-refractivity contribution in [2.24, 2.45) is 7.05 Å². The number of likely N-dealkylation sites (tertiary alicyclic amines) is 1. The predicted octanol–water partition coefficient (Wildman–Crippen LogP) is 4.87. The summed E-state index contributed by atoms with van der Waals surface area (Å²) in [6, 6.07) is 13.4. The fourth-order valence-electron chi connectivity index (χ4n) is 4.71. The van der Waals surface area contributed by atoms with Gasteiger partial charge < -0.3 is 20.1 Å². The van der Waals surface area contributed by atoms with E-state index in [-0.39, 0.29) is 16.9 Å². The second kappa shape index (κ2) is 11.7. The van der Waals surface area contributed by atoms with Crippen LogP contribution in [-0.2, 0) is 23.6 Å². The van der Waals surface area contributed by atoms with Crippen LogP contribution in [0, 0.1) is 11.6 Å². The maximum atomic E-state index is 13.9. The first-order valence-electron chi connectivity index (χ1n) is 12.9. The monoisotopic (exact) mass is 567 g/mol. The Morgan fingerprint density at radius 3 is 2.35 bits per heavy atom. The van der Waals surface area contributed by atoms with Crippen LogP contribution in [0.5, 0.6) is 0 Å². The molecule has 0 unspecified atom stereocenters. The van der Waals surface area contributed by atoms with Gasteiger partial charge in [0, 0.05) is 55.7 Å². The molecule has 0 aliphatic carbocycles. The Balaban J connectivity index is 1.32. The number of rotatable bonds is 9. The Labute approximate surface area is 232 Å². The van der Waals surface area contributed by atoms with Crippen LogP contribution in [0.2, 0.25) is 0 Å². The lowest BCUT2D eigenvalue weighted by Crippen LogP contribution is -2.46. The first-order chi connectivity index (χ1) is 19.2. The van der Waals surface area contributed by atoms with Crippen molar-refractivity contribution in [3.63, 3.8) is 0 Å². The quantitative estimate of drug-likeness (QED) is 0.298. The van der Waals surface area contributed by atoms with E-state index in [2.05, 4.69) is 32.5 Å². The maximum absolute atomic E-state index is 13.9. The summed E-state index contributed by atoms with van der Waals surface area (Å²) >= 11 is 0. The molecule has 40 heavy (non-hydrogen) atoms. The molecule has 2 aromatic heterocycles. The van der Waals surface area contributed by atoms with Gasteiger partial charge in [-0.2, -0.15) is 9.29 Å². The molecule has 0 radical (unpaired) electrons. The minimum absolute atomic E-state index is 0.0857. The molecular formula is C28H31F2N7O2S. The number of sulfonamides is 1. The van der Waals surface area contributed by atoms with E-state index in [1.54, 1.807) is 34.6 Å². The number of piperidine rings is 1. The molecule has 1 fully saturated rings. The van der Waals surface area contributed by atoms with Crippen molar-refractivity contribution in [1.29, 1.82) is 0 Å². The number of halogens is 2. The molecule has 0 amide bonds. The zero-order valence-corrected chi connectivity index (χ0v) is 23.1. The van der Waals surface area contributed by atoms with E-state index >= 15 is 0 Å². The van der Waals surface area contributed by atoms with Crippen LogP contribution >= 0.6 is 0 Å². The van der Waals surface area contributed by atoms with E-state index in [9.17, 15) is 17.2 Å². The Hall–Kier alpha value is -3.87. The number of nitrogens with zero attached hydrogens (tertiary/aromatic N) is 5. The van der Waals surface area contributed by atoms with Gasteiger partial charge in [-0.05, 0) is 87.1 Å². The molecule has 2 aromatic carbocycles. The molecule has 9 nitrogen and oxygen atoms in total. The highest BCUT2D eigenvalue weighted by Gasteiger charge is 2.33. The average molecular weight is 568 g/mol. The highest BCUT2D eigenvalue weighted by Crippen LogP contribution is 2.28. The molecule has 1 aliphatic heterocycles. The number of hydrogen-bond donors (Lipinski definition) is 2. The molecule has 3 heterocycles. The summed E-state index contributed by atoms with van der Waals surface area (Å²) in [5, 5.41) is 5.96. The number of hydrogen-bond acceptors (Lipinski definition) is 7. The zero-order valence-electron chi connectivity index (χ0n) is 22.3. The van der Waals surface area contributed by atoms with Gasteiger partial charge in [0.15, 0.2) is 11.6 Å². The zero-order chi connectivity index (χ0) is 28.3. The van der Waals surface area contributed by atoms with Gasteiger partial charge in [-0.1, -0.05) is 0 Å². The lowest BCUT2D eigenvalue weighted by atomic mass is 10.1. The first kappa shape index (κ1) is 27.7. The smallest absolute Gasteiger partial charge is 0.243 e. The van der Waals surface area contributed by atoms with Crippen molar-refractivity contribution in [1.82, 2.24) is 23.7 Å². The second-order valence-corrected chi connectivity index (χ2v) is 11.8. The van der Waals surface area contributed by atoms with Gasteiger partial charge in [-0.3, -0.25) is 0 Å². The SMILES string of the molecule is CN1CCC(N(Cc2ccn(C)c2)S(=O)(=O)c2ccc(Nc3nccc(Nc4ccc(F)c(F)c4)n3)cc2)CC1. The maximum Gasteiger partial charge on any atom is 0.243 e. The van der Waals surface area contributed by atoms with Gasteiger partial charge in [-0.25, -0.2) is 22.2 Å². The van der Waals surface area contributed by atoms with Gasteiger partial charge in [0.05, 0.1) is 4.90 Å². The molecule has 5 rings (SSSR count). The molecule has 0 atom stereocenters. The summed E-state index contributed by atoms with van der Waals surface area (Å²) in [4.78, 5) is 11.0. The summed E-state index contributed by atoms with van der Waals surface area (Å²) in [6.07, 6.45) is 6.92. The summed E-state index contributed by atoms with van der Waals surface area (Å²) < 4.78 is 58.0. The molecule has 12 heteroatoms. The first-order valence-corrected chi connectivity index (χ1v) is 14.3. The number of aromatic nitrogens is 3. The molecular weight excluding hydrogens is 536 g/mol. The molecule has 4 aromatic rings.